The van der Waals surface area contributed by atoms with Crippen LogP contribution in [-0.2, 0) is 0 Å². The van der Waals surface area contributed by atoms with Crippen LogP contribution in [0.5, 0.6) is 0 Å². The van der Waals surface area contributed by atoms with Gasteiger partial charge in [-0.3, -0.25) is 5.10 Å². The molecule has 0 saturated carbocycles. The normalized spacial score (nSPS) is 17.7. The van der Waals surface area contributed by atoms with E-state index in [2.05, 4.69) is 45.8 Å². The Morgan fingerprint density at radius 1 is 1.29 bits per heavy atom. The Balaban J connectivity index is 1.73. The van der Waals surface area contributed by atoms with Gasteiger partial charge in [0.25, 0.3) is 0 Å². The minimum atomic E-state index is 0.286. The van der Waals surface area contributed by atoms with Crippen LogP contribution >= 0.6 is 23.4 Å². The molecule has 2 heterocycles. The summed E-state index contributed by atoms with van der Waals surface area (Å²) >= 11 is 8.07. The molecule has 3 aromatic rings. The minimum absolute atomic E-state index is 0.286. The third kappa shape index (κ3) is 2.39. The summed E-state index contributed by atoms with van der Waals surface area (Å²) in [5.41, 5.74) is 3.43. The summed E-state index contributed by atoms with van der Waals surface area (Å²) in [7, 11) is 0. The number of nitrogens with one attached hydrogen (secondary N) is 2. The fourth-order valence-electron chi connectivity index (χ4n) is 2.79. The van der Waals surface area contributed by atoms with Crippen molar-refractivity contribution in [2.24, 2.45) is 0 Å². The van der Waals surface area contributed by atoms with Crippen molar-refractivity contribution in [3.63, 3.8) is 0 Å². The molecule has 106 valence electrons. The standard InChI is InChI=1S/C16H14ClN3S/c17-11-4-5-15-12(8-11)13(6-7-21-15)19-14-3-1-2-10-9-18-20-16(10)14/h1-5,8-9,13,19H,6-7H2,(H,18,20). The zero-order valence-corrected chi connectivity index (χ0v) is 12.8. The van der Waals surface area contributed by atoms with Gasteiger partial charge < -0.3 is 5.32 Å². The molecular formula is C16H14ClN3S. The van der Waals surface area contributed by atoms with Crippen molar-refractivity contribution in [2.75, 3.05) is 11.1 Å². The number of nitrogens with zero attached hydrogens (tertiary/aromatic N) is 1. The molecule has 21 heavy (non-hydrogen) atoms. The fraction of sp³-hybridized carbons (Fsp3) is 0.188. The Morgan fingerprint density at radius 3 is 3.19 bits per heavy atom. The Hall–Kier alpha value is -1.65. The first kappa shape index (κ1) is 13.0. The van der Waals surface area contributed by atoms with E-state index in [-0.39, 0.29) is 6.04 Å². The highest BCUT2D eigenvalue weighted by molar-refractivity contribution is 7.99. The highest BCUT2D eigenvalue weighted by atomic mass is 35.5. The van der Waals surface area contributed by atoms with Gasteiger partial charge in [0.05, 0.1) is 23.4 Å². The fourth-order valence-corrected chi connectivity index (χ4v) is 4.08. The second-order valence-electron chi connectivity index (χ2n) is 5.16. The molecule has 0 radical (unpaired) electrons. The van der Waals surface area contributed by atoms with Gasteiger partial charge >= 0.3 is 0 Å². The highest BCUT2D eigenvalue weighted by Crippen LogP contribution is 2.39. The molecule has 1 unspecified atom stereocenters. The summed E-state index contributed by atoms with van der Waals surface area (Å²) in [4.78, 5) is 1.32. The number of H-pyrrole nitrogens is 1. The van der Waals surface area contributed by atoms with Gasteiger partial charge in [0.1, 0.15) is 0 Å². The van der Waals surface area contributed by atoms with Crippen LogP contribution in [0.4, 0.5) is 5.69 Å². The Labute approximate surface area is 132 Å². The number of para-hydroxylation sites is 1. The van der Waals surface area contributed by atoms with E-state index in [0.717, 1.165) is 33.8 Å². The molecule has 1 aliphatic heterocycles. The number of fused-ring (bicyclic) bond motifs is 2. The monoisotopic (exact) mass is 315 g/mol. The second-order valence-corrected chi connectivity index (χ2v) is 6.73. The number of rotatable bonds is 2. The van der Waals surface area contributed by atoms with Crippen molar-refractivity contribution < 1.29 is 0 Å². The van der Waals surface area contributed by atoms with E-state index in [4.69, 9.17) is 11.6 Å². The second kappa shape index (κ2) is 5.28. The molecule has 0 saturated heterocycles. The molecule has 0 aliphatic carbocycles. The SMILES string of the molecule is Clc1ccc2c(c1)C(Nc1cccc3cn[nH]c13)CCS2. The zero-order valence-electron chi connectivity index (χ0n) is 11.3. The number of halogens is 1. The summed E-state index contributed by atoms with van der Waals surface area (Å²) in [5, 5.41) is 12.8. The van der Waals surface area contributed by atoms with Crippen molar-refractivity contribution in [3.8, 4) is 0 Å². The minimum Gasteiger partial charge on any atom is -0.376 e. The predicted octanol–water partition coefficient (Wildman–Crippen LogP) is 4.87. The van der Waals surface area contributed by atoms with Crippen LogP contribution in [-0.4, -0.2) is 16.0 Å². The number of anilines is 1. The maximum atomic E-state index is 6.17. The molecule has 1 atom stereocenters. The van der Waals surface area contributed by atoms with E-state index in [1.54, 1.807) is 0 Å². The average molecular weight is 316 g/mol. The van der Waals surface area contributed by atoms with Crippen LogP contribution < -0.4 is 5.32 Å². The van der Waals surface area contributed by atoms with E-state index in [1.807, 2.05) is 24.0 Å². The van der Waals surface area contributed by atoms with Gasteiger partial charge in [-0.25, -0.2) is 0 Å². The van der Waals surface area contributed by atoms with E-state index >= 15 is 0 Å². The third-order valence-corrected chi connectivity index (χ3v) is 5.18. The maximum absolute atomic E-state index is 6.17. The number of aromatic amines is 1. The number of benzene rings is 2. The zero-order chi connectivity index (χ0) is 14.2. The quantitative estimate of drug-likeness (QED) is 0.709. The molecule has 4 rings (SSSR count). The summed E-state index contributed by atoms with van der Waals surface area (Å²) in [6.45, 7) is 0. The highest BCUT2D eigenvalue weighted by Gasteiger charge is 2.21. The van der Waals surface area contributed by atoms with Crippen LogP contribution in [0.3, 0.4) is 0 Å². The summed E-state index contributed by atoms with van der Waals surface area (Å²) in [6.07, 6.45) is 2.94. The van der Waals surface area contributed by atoms with Gasteiger partial charge in [-0.05, 0) is 36.2 Å². The number of hydrogen-bond donors (Lipinski definition) is 2. The van der Waals surface area contributed by atoms with Crippen molar-refractivity contribution in [1.82, 2.24) is 10.2 Å². The first-order valence-electron chi connectivity index (χ1n) is 6.92. The molecule has 0 spiro atoms. The van der Waals surface area contributed by atoms with E-state index in [9.17, 15) is 0 Å². The van der Waals surface area contributed by atoms with Gasteiger partial charge in [0, 0.05) is 21.1 Å². The number of aromatic nitrogens is 2. The van der Waals surface area contributed by atoms with Crippen molar-refractivity contribution >= 4 is 40.0 Å². The Kier molecular flexibility index (Phi) is 3.28. The Bertz CT molecular complexity index is 799. The molecule has 0 amide bonds. The van der Waals surface area contributed by atoms with Gasteiger partial charge in [-0.2, -0.15) is 5.10 Å². The van der Waals surface area contributed by atoms with Gasteiger partial charge in [-0.15, -0.1) is 11.8 Å². The number of thioether (sulfide) groups is 1. The topological polar surface area (TPSA) is 40.7 Å². The van der Waals surface area contributed by atoms with E-state index in [0.29, 0.717) is 0 Å². The van der Waals surface area contributed by atoms with Crippen molar-refractivity contribution in [2.45, 2.75) is 17.4 Å². The number of hydrogen-bond acceptors (Lipinski definition) is 3. The van der Waals surface area contributed by atoms with Crippen LogP contribution in [0.15, 0.2) is 47.5 Å². The van der Waals surface area contributed by atoms with Crippen LogP contribution in [0.2, 0.25) is 5.02 Å². The first-order valence-corrected chi connectivity index (χ1v) is 8.28. The lowest BCUT2D eigenvalue weighted by Crippen LogP contribution is -2.16. The van der Waals surface area contributed by atoms with Crippen LogP contribution in [0.1, 0.15) is 18.0 Å². The third-order valence-electron chi connectivity index (χ3n) is 3.82. The lowest BCUT2D eigenvalue weighted by atomic mass is 10.0. The lowest BCUT2D eigenvalue weighted by molar-refractivity contribution is 0.729. The van der Waals surface area contributed by atoms with E-state index in [1.165, 1.54) is 10.5 Å². The van der Waals surface area contributed by atoms with Crippen molar-refractivity contribution in [3.05, 3.63) is 53.2 Å². The summed E-state index contributed by atoms with van der Waals surface area (Å²) in [6, 6.07) is 12.6. The first-order chi connectivity index (χ1) is 10.3. The largest absolute Gasteiger partial charge is 0.376 e. The van der Waals surface area contributed by atoms with Crippen LogP contribution in [0, 0.1) is 0 Å². The summed E-state index contributed by atoms with van der Waals surface area (Å²) in [5.74, 6) is 1.12. The molecule has 3 nitrogen and oxygen atoms in total. The molecule has 2 aromatic carbocycles. The Morgan fingerprint density at radius 2 is 2.24 bits per heavy atom. The molecule has 1 aromatic heterocycles. The molecular weight excluding hydrogens is 302 g/mol. The van der Waals surface area contributed by atoms with Gasteiger partial charge in [0.2, 0.25) is 0 Å². The molecule has 5 heteroatoms. The lowest BCUT2D eigenvalue weighted by Gasteiger charge is -2.27. The molecule has 2 N–H and O–H groups in total. The smallest absolute Gasteiger partial charge is 0.0881 e. The molecule has 0 bridgehead atoms. The van der Waals surface area contributed by atoms with Gasteiger partial charge in [0.15, 0.2) is 0 Å². The predicted molar refractivity (Wildman–Crippen MR) is 89.3 cm³/mol. The maximum Gasteiger partial charge on any atom is 0.0881 e. The van der Waals surface area contributed by atoms with Gasteiger partial charge in [-0.1, -0.05) is 23.7 Å². The molecule has 0 fully saturated rings. The van der Waals surface area contributed by atoms with E-state index < -0.39 is 0 Å². The van der Waals surface area contributed by atoms with Crippen LogP contribution in [0.25, 0.3) is 10.9 Å². The molecule has 1 aliphatic rings. The summed E-state index contributed by atoms with van der Waals surface area (Å²) < 4.78 is 0. The average Bonchev–Trinajstić information content (AvgIpc) is 2.97. The van der Waals surface area contributed by atoms with Crippen molar-refractivity contribution in [1.29, 1.82) is 0 Å².